The Kier molecular flexibility index (Phi) is 7.38. The Morgan fingerprint density at radius 2 is 1.86 bits per heavy atom. The summed E-state index contributed by atoms with van der Waals surface area (Å²) in [5.41, 5.74) is 6.03. The molecule has 0 bridgehead atoms. The highest BCUT2D eigenvalue weighted by Gasteiger charge is 2.31. The first kappa shape index (κ1) is 25.8. The Hall–Kier alpha value is -2.26. The van der Waals surface area contributed by atoms with Crippen LogP contribution in [0.25, 0.3) is 10.9 Å². The van der Waals surface area contributed by atoms with Crippen molar-refractivity contribution in [1.29, 1.82) is 0 Å². The minimum absolute atomic E-state index is 0.310. The van der Waals surface area contributed by atoms with Crippen LogP contribution < -0.4 is 5.43 Å². The fourth-order valence-electron chi connectivity index (χ4n) is 4.60. The molecule has 4 rings (SSSR count). The van der Waals surface area contributed by atoms with Crippen LogP contribution in [-0.2, 0) is 31.0 Å². The second-order valence-corrected chi connectivity index (χ2v) is 9.81. The summed E-state index contributed by atoms with van der Waals surface area (Å²) in [6.45, 7) is 3.38. The van der Waals surface area contributed by atoms with Crippen molar-refractivity contribution < 1.29 is 23.1 Å². The number of rotatable bonds is 6. The van der Waals surface area contributed by atoms with Crippen molar-refractivity contribution in [3.05, 3.63) is 68.3 Å². The topological polar surface area (TPSA) is 57.5 Å². The van der Waals surface area contributed by atoms with Crippen LogP contribution >= 0.6 is 23.2 Å². The van der Waals surface area contributed by atoms with E-state index in [9.17, 15) is 18.0 Å². The zero-order chi connectivity index (χ0) is 25.5. The van der Waals surface area contributed by atoms with E-state index < -0.39 is 17.7 Å². The van der Waals surface area contributed by atoms with Crippen LogP contribution in [0.4, 0.5) is 13.2 Å². The number of halogens is 5. The van der Waals surface area contributed by atoms with Gasteiger partial charge in [-0.1, -0.05) is 29.3 Å². The predicted molar refractivity (Wildman–Crippen MR) is 131 cm³/mol. The lowest BCUT2D eigenvalue weighted by Gasteiger charge is -2.30. The van der Waals surface area contributed by atoms with Crippen LogP contribution in [0.2, 0.25) is 10.0 Å². The highest BCUT2D eigenvalue weighted by Crippen LogP contribution is 2.36. The number of carbonyl (C=O) groups is 1. The molecule has 1 saturated heterocycles. The minimum atomic E-state index is -4.42. The number of alkyl halides is 3. The number of piperidine rings is 1. The average Bonchev–Trinajstić information content (AvgIpc) is 3.12. The van der Waals surface area contributed by atoms with Crippen LogP contribution in [0.3, 0.4) is 0 Å². The number of fused-ring (bicyclic) bond motifs is 1. The molecule has 0 saturated carbocycles. The van der Waals surface area contributed by atoms with Gasteiger partial charge in [0.25, 0.3) is 0 Å². The van der Waals surface area contributed by atoms with Crippen molar-refractivity contribution in [2.75, 3.05) is 13.1 Å². The van der Waals surface area contributed by atoms with Gasteiger partial charge in [0.2, 0.25) is 0 Å². The molecule has 2 aromatic carbocycles. The second-order valence-electron chi connectivity index (χ2n) is 9.03. The summed E-state index contributed by atoms with van der Waals surface area (Å²) < 4.78 is 41.7. The lowest BCUT2D eigenvalue weighted by Crippen LogP contribution is -2.44. The highest BCUT2D eigenvalue weighted by molar-refractivity contribution is 6.36. The number of aromatic nitrogens is 1. The van der Waals surface area contributed by atoms with Crippen molar-refractivity contribution >= 4 is 40.1 Å². The summed E-state index contributed by atoms with van der Waals surface area (Å²) in [5.74, 6) is -1.07. The molecule has 0 unspecified atom stereocenters. The third-order valence-corrected chi connectivity index (χ3v) is 7.58. The van der Waals surface area contributed by atoms with E-state index in [1.807, 2.05) is 17.1 Å². The fourth-order valence-corrected chi connectivity index (χ4v) is 5.17. The Morgan fingerprint density at radius 3 is 2.49 bits per heavy atom. The second kappa shape index (κ2) is 10.0. The molecular weight excluding hydrogens is 502 g/mol. The van der Waals surface area contributed by atoms with E-state index in [1.54, 1.807) is 24.6 Å². The molecule has 0 aliphatic carbocycles. The Morgan fingerprint density at radius 1 is 1.17 bits per heavy atom. The molecule has 1 fully saturated rings. The van der Waals surface area contributed by atoms with E-state index in [1.165, 1.54) is 6.07 Å². The van der Waals surface area contributed by atoms with Crippen LogP contribution in [0.15, 0.2) is 30.3 Å². The third kappa shape index (κ3) is 5.45. The van der Waals surface area contributed by atoms with Crippen molar-refractivity contribution in [3.8, 4) is 0 Å². The molecule has 35 heavy (non-hydrogen) atoms. The molecular formula is C25H26Cl2F3N3O2. The first-order chi connectivity index (χ1) is 16.5. The summed E-state index contributed by atoms with van der Waals surface area (Å²) in [5, 5.41) is 12.9. The third-order valence-electron chi connectivity index (χ3n) is 6.76. The van der Waals surface area contributed by atoms with Gasteiger partial charge in [-0.25, -0.2) is 5.01 Å². The van der Waals surface area contributed by atoms with Crippen LogP contribution in [0, 0.1) is 12.8 Å². The maximum absolute atomic E-state index is 13.3. The molecule has 2 heterocycles. The van der Waals surface area contributed by atoms with Gasteiger partial charge in [0.15, 0.2) is 0 Å². The molecule has 1 aliphatic heterocycles. The molecule has 0 radical (unpaired) electrons. The number of nitrogens with zero attached hydrogens (tertiary/aromatic N) is 2. The average molecular weight is 528 g/mol. The Labute approximate surface area is 211 Å². The van der Waals surface area contributed by atoms with E-state index in [0.29, 0.717) is 65.6 Å². The number of carboxylic acids is 1. The van der Waals surface area contributed by atoms with Crippen LogP contribution in [-0.4, -0.2) is 33.7 Å². The summed E-state index contributed by atoms with van der Waals surface area (Å²) >= 11 is 13.2. The van der Waals surface area contributed by atoms with Gasteiger partial charge in [-0.2, -0.15) is 13.2 Å². The zero-order valence-electron chi connectivity index (χ0n) is 19.3. The number of aryl methyl sites for hydroxylation is 2. The highest BCUT2D eigenvalue weighted by atomic mass is 35.5. The number of aliphatic carboxylic acids is 1. The van der Waals surface area contributed by atoms with E-state index in [4.69, 9.17) is 28.3 Å². The largest absolute Gasteiger partial charge is 0.481 e. The van der Waals surface area contributed by atoms with Crippen molar-refractivity contribution in [1.82, 2.24) is 15.0 Å². The lowest BCUT2D eigenvalue weighted by molar-refractivity contribution is -0.143. The Bertz CT molecular complexity index is 1270. The molecule has 0 atom stereocenters. The van der Waals surface area contributed by atoms with Gasteiger partial charge in [-0.15, -0.1) is 0 Å². The smallest absolute Gasteiger partial charge is 0.416 e. The van der Waals surface area contributed by atoms with E-state index in [-0.39, 0.29) is 5.92 Å². The van der Waals surface area contributed by atoms with E-state index >= 15 is 0 Å². The number of carboxylic acid groups (broad SMARTS) is 1. The molecule has 3 aromatic rings. The maximum atomic E-state index is 13.3. The fraction of sp³-hybridized carbons (Fsp3) is 0.400. The van der Waals surface area contributed by atoms with Gasteiger partial charge < -0.3 is 9.67 Å². The standard InChI is InChI=1S/C25H26Cl2F3N3O2/c1-14-9-17(25(28,29)30)10-22-19(14)11-18(32(22)2)12-20-21(26)4-3-16(23(20)27)13-31-33-7-5-15(6-8-33)24(34)35/h3-4,9-11,15,31H,5-8,12-13H2,1-2H3,(H,34,35). The van der Waals surface area contributed by atoms with Gasteiger partial charge in [0.1, 0.15) is 0 Å². The number of hydrazine groups is 1. The number of hydrogen-bond donors (Lipinski definition) is 2. The van der Waals surface area contributed by atoms with Gasteiger partial charge in [-0.3, -0.25) is 10.2 Å². The number of nitrogens with one attached hydrogen (secondary N) is 1. The molecule has 10 heteroatoms. The molecule has 1 aromatic heterocycles. The monoisotopic (exact) mass is 527 g/mol. The molecule has 188 valence electrons. The summed E-state index contributed by atoms with van der Waals surface area (Å²) in [6.07, 6.45) is -2.89. The predicted octanol–water partition coefficient (Wildman–Crippen LogP) is 6.20. The van der Waals surface area contributed by atoms with Gasteiger partial charge in [0.05, 0.1) is 16.5 Å². The quantitative estimate of drug-likeness (QED) is 0.400. The van der Waals surface area contributed by atoms with E-state index in [2.05, 4.69) is 5.43 Å². The van der Waals surface area contributed by atoms with Crippen molar-refractivity contribution in [2.45, 2.75) is 38.9 Å². The van der Waals surface area contributed by atoms with Gasteiger partial charge >= 0.3 is 12.1 Å². The SMILES string of the molecule is Cc1cc(C(F)(F)F)cc2c1cc(Cc1c(Cl)ccc(CNN3CCC(C(=O)O)CC3)c1Cl)n2C. The molecule has 0 spiro atoms. The first-order valence-electron chi connectivity index (χ1n) is 11.3. The molecule has 5 nitrogen and oxygen atoms in total. The summed E-state index contributed by atoms with van der Waals surface area (Å²) in [7, 11) is 1.74. The number of hydrogen-bond acceptors (Lipinski definition) is 3. The van der Waals surface area contributed by atoms with Crippen molar-refractivity contribution in [2.24, 2.45) is 13.0 Å². The minimum Gasteiger partial charge on any atom is -0.481 e. The van der Waals surface area contributed by atoms with E-state index in [0.717, 1.165) is 22.7 Å². The summed E-state index contributed by atoms with van der Waals surface area (Å²) in [4.78, 5) is 11.1. The molecule has 1 aliphatic rings. The number of benzene rings is 2. The first-order valence-corrected chi connectivity index (χ1v) is 12.0. The molecule has 0 amide bonds. The molecule has 2 N–H and O–H groups in total. The Balaban J connectivity index is 1.55. The van der Waals surface area contributed by atoms with Gasteiger partial charge in [-0.05, 0) is 60.7 Å². The normalized spacial score (nSPS) is 15.7. The van der Waals surface area contributed by atoms with Gasteiger partial charge in [0, 0.05) is 54.7 Å². The summed E-state index contributed by atoms with van der Waals surface area (Å²) in [6, 6.07) is 7.83. The van der Waals surface area contributed by atoms with Crippen LogP contribution in [0.1, 0.15) is 40.8 Å². The maximum Gasteiger partial charge on any atom is 0.416 e. The van der Waals surface area contributed by atoms with Crippen LogP contribution in [0.5, 0.6) is 0 Å². The lowest BCUT2D eigenvalue weighted by atomic mass is 9.98. The van der Waals surface area contributed by atoms with Crippen molar-refractivity contribution in [3.63, 3.8) is 0 Å². The zero-order valence-corrected chi connectivity index (χ0v) is 20.9.